The molecule has 0 aromatic heterocycles. The monoisotopic (exact) mass is 409 g/mol. The molecule has 3 N–H and O–H groups in total. The number of phenolic OH excluding ortho intramolecular Hbond substituents is 2. The van der Waals surface area contributed by atoms with Gasteiger partial charge in [-0.05, 0) is 25.3 Å². The molecule has 0 amide bonds. The lowest BCUT2D eigenvalue weighted by Crippen LogP contribution is -2.28. The minimum absolute atomic E-state index is 0.0256. The van der Waals surface area contributed by atoms with E-state index in [-0.39, 0.29) is 71.2 Å². The lowest BCUT2D eigenvalue weighted by Gasteiger charge is -2.30. The number of ketones is 2. The van der Waals surface area contributed by atoms with Crippen molar-refractivity contribution in [1.29, 1.82) is 5.41 Å². The van der Waals surface area contributed by atoms with Gasteiger partial charge >= 0.3 is 0 Å². The van der Waals surface area contributed by atoms with Gasteiger partial charge in [-0.15, -0.1) is 0 Å². The van der Waals surface area contributed by atoms with Gasteiger partial charge in [0.25, 0.3) is 6.47 Å². The van der Waals surface area contributed by atoms with E-state index in [0.29, 0.717) is 23.3 Å². The van der Waals surface area contributed by atoms with E-state index in [2.05, 4.69) is 4.74 Å². The SMILES string of the molecule is COc1cccc2c1C(=N)c1c(O)c3c(c(O)c1C2=O)CC(C(=O)COC=O)CC3. The number of rotatable bonds is 5. The van der Waals surface area contributed by atoms with E-state index in [4.69, 9.17) is 10.1 Å². The number of carbonyl (C=O) groups excluding carboxylic acids is 3. The molecule has 0 saturated heterocycles. The number of Topliss-reactive ketones (excluding diaryl/α,β-unsaturated/α-hetero) is 1. The molecule has 8 heteroatoms. The summed E-state index contributed by atoms with van der Waals surface area (Å²) in [5.74, 6) is -1.56. The minimum atomic E-state index is -0.525. The lowest BCUT2D eigenvalue weighted by molar-refractivity contribution is -0.138. The van der Waals surface area contributed by atoms with Crippen LogP contribution in [0.5, 0.6) is 17.2 Å². The zero-order chi connectivity index (χ0) is 21.6. The molecule has 1 unspecified atom stereocenters. The smallest absolute Gasteiger partial charge is 0.293 e. The Bertz CT molecular complexity index is 1120. The van der Waals surface area contributed by atoms with Crippen LogP contribution in [-0.2, 0) is 27.2 Å². The van der Waals surface area contributed by atoms with Gasteiger partial charge in [0, 0.05) is 22.6 Å². The first-order valence-corrected chi connectivity index (χ1v) is 9.39. The van der Waals surface area contributed by atoms with Gasteiger partial charge in [-0.25, -0.2) is 0 Å². The van der Waals surface area contributed by atoms with Gasteiger partial charge in [0.2, 0.25) is 0 Å². The Morgan fingerprint density at radius 3 is 2.63 bits per heavy atom. The fourth-order valence-corrected chi connectivity index (χ4v) is 4.36. The summed E-state index contributed by atoms with van der Waals surface area (Å²) < 4.78 is 9.83. The third-order valence-electron chi connectivity index (χ3n) is 5.82. The average molecular weight is 409 g/mol. The van der Waals surface area contributed by atoms with E-state index in [9.17, 15) is 24.6 Å². The van der Waals surface area contributed by atoms with Crippen LogP contribution in [0.15, 0.2) is 18.2 Å². The van der Waals surface area contributed by atoms with Crippen LogP contribution in [0, 0.1) is 11.3 Å². The number of hydrogen-bond acceptors (Lipinski definition) is 8. The first kappa shape index (κ1) is 19.6. The maximum atomic E-state index is 13.2. The minimum Gasteiger partial charge on any atom is -0.507 e. The highest BCUT2D eigenvalue weighted by Gasteiger charge is 2.39. The van der Waals surface area contributed by atoms with Crippen LogP contribution < -0.4 is 4.74 Å². The second-order valence-electron chi connectivity index (χ2n) is 7.30. The molecule has 0 aliphatic heterocycles. The summed E-state index contributed by atoms with van der Waals surface area (Å²) in [6.45, 7) is -0.164. The number of hydrogen-bond donors (Lipinski definition) is 3. The highest BCUT2D eigenvalue weighted by Crippen LogP contribution is 2.47. The number of phenols is 2. The molecule has 30 heavy (non-hydrogen) atoms. The van der Waals surface area contributed by atoms with Crippen molar-refractivity contribution in [3.63, 3.8) is 0 Å². The van der Waals surface area contributed by atoms with Gasteiger partial charge in [-0.2, -0.15) is 0 Å². The Morgan fingerprint density at radius 2 is 1.93 bits per heavy atom. The molecule has 2 aromatic carbocycles. The van der Waals surface area contributed by atoms with Crippen LogP contribution in [0.2, 0.25) is 0 Å². The van der Waals surface area contributed by atoms with Crippen LogP contribution in [0.4, 0.5) is 0 Å². The number of aromatic hydroxyl groups is 2. The van der Waals surface area contributed by atoms with E-state index in [0.717, 1.165) is 0 Å². The standard InChI is InChI=1S/C22H19NO7/c1-29-15-4-2-3-12-16(15)19(23)17-18(21(12)27)22(28)13-7-10(14(25)8-30-9-24)5-6-11(13)20(17)26/h2-4,9-10,23,26,28H,5-8H2,1H3. The van der Waals surface area contributed by atoms with Crippen LogP contribution >= 0.6 is 0 Å². The van der Waals surface area contributed by atoms with Crippen molar-refractivity contribution in [1.82, 2.24) is 0 Å². The number of methoxy groups -OCH3 is 1. The molecule has 0 saturated carbocycles. The fraction of sp³-hybridized carbons (Fsp3) is 0.273. The number of benzene rings is 2. The van der Waals surface area contributed by atoms with Gasteiger partial charge in [-0.1, -0.05) is 12.1 Å². The van der Waals surface area contributed by atoms with E-state index in [1.807, 2.05) is 0 Å². The average Bonchev–Trinajstić information content (AvgIpc) is 2.77. The predicted octanol–water partition coefficient (Wildman–Crippen LogP) is 1.91. The highest BCUT2D eigenvalue weighted by atomic mass is 16.5. The summed E-state index contributed by atoms with van der Waals surface area (Å²) in [5.41, 5.74) is 0.921. The van der Waals surface area contributed by atoms with Crippen molar-refractivity contribution in [2.75, 3.05) is 13.7 Å². The Hall–Kier alpha value is -3.68. The normalized spacial score (nSPS) is 16.9. The summed E-state index contributed by atoms with van der Waals surface area (Å²) in [6.07, 6.45) is 0.773. The molecule has 8 nitrogen and oxygen atoms in total. The van der Waals surface area contributed by atoms with Gasteiger partial charge in [0.15, 0.2) is 11.6 Å². The molecule has 0 radical (unpaired) electrons. The summed E-state index contributed by atoms with van der Waals surface area (Å²) in [7, 11) is 1.43. The first-order chi connectivity index (χ1) is 14.4. The molecule has 0 heterocycles. The lowest BCUT2D eigenvalue weighted by atomic mass is 9.74. The van der Waals surface area contributed by atoms with Gasteiger partial charge in [-0.3, -0.25) is 19.8 Å². The number of carbonyl (C=O) groups is 3. The van der Waals surface area contributed by atoms with Crippen LogP contribution in [-0.4, -0.2) is 47.7 Å². The van der Waals surface area contributed by atoms with E-state index in [1.54, 1.807) is 12.1 Å². The largest absolute Gasteiger partial charge is 0.507 e. The molecule has 2 aliphatic carbocycles. The van der Waals surface area contributed by atoms with Crippen molar-refractivity contribution in [2.45, 2.75) is 19.3 Å². The second-order valence-corrected chi connectivity index (χ2v) is 7.30. The van der Waals surface area contributed by atoms with Crippen molar-refractivity contribution in [3.8, 4) is 17.2 Å². The molecular formula is C22H19NO7. The van der Waals surface area contributed by atoms with Crippen molar-refractivity contribution in [3.05, 3.63) is 51.6 Å². The van der Waals surface area contributed by atoms with Crippen LogP contribution in [0.3, 0.4) is 0 Å². The summed E-state index contributed by atoms with van der Waals surface area (Å²) in [5, 5.41) is 30.5. The van der Waals surface area contributed by atoms with E-state index in [1.165, 1.54) is 13.2 Å². The maximum Gasteiger partial charge on any atom is 0.293 e. The molecule has 0 fully saturated rings. The fourth-order valence-electron chi connectivity index (χ4n) is 4.36. The topological polar surface area (TPSA) is 134 Å². The van der Waals surface area contributed by atoms with Crippen molar-refractivity contribution < 1.29 is 34.1 Å². The Labute approximate surface area is 171 Å². The summed E-state index contributed by atoms with van der Waals surface area (Å²) in [4.78, 5) is 35.8. The number of nitrogens with one attached hydrogen (secondary N) is 1. The predicted molar refractivity (Wildman–Crippen MR) is 105 cm³/mol. The summed E-state index contributed by atoms with van der Waals surface area (Å²) in [6, 6.07) is 4.78. The quantitative estimate of drug-likeness (QED) is 0.433. The third-order valence-corrected chi connectivity index (χ3v) is 5.82. The molecule has 1 atom stereocenters. The highest BCUT2D eigenvalue weighted by molar-refractivity contribution is 6.32. The van der Waals surface area contributed by atoms with Crippen molar-refractivity contribution >= 4 is 23.8 Å². The maximum absolute atomic E-state index is 13.2. The molecule has 0 bridgehead atoms. The molecule has 2 aromatic rings. The Kier molecular flexibility index (Phi) is 4.77. The van der Waals surface area contributed by atoms with Crippen LogP contribution in [0.25, 0.3) is 0 Å². The van der Waals surface area contributed by atoms with Gasteiger partial charge in [0.05, 0.1) is 29.5 Å². The van der Waals surface area contributed by atoms with Gasteiger partial charge < -0.3 is 19.7 Å². The number of ether oxygens (including phenoxy) is 2. The van der Waals surface area contributed by atoms with E-state index < -0.39 is 11.7 Å². The molecular weight excluding hydrogens is 390 g/mol. The molecule has 0 spiro atoms. The second kappa shape index (κ2) is 7.29. The first-order valence-electron chi connectivity index (χ1n) is 9.39. The zero-order valence-corrected chi connectivity index (χ0v) is 16.2. The Morgan fingerprint density at radius 1 is 1.20 bits per heavy atom. The molecule has 154 valence electrons. The number of fused-ring (bicyclic) bond motifs is 3. The molecule has 4 rings (SSSR count). The van der Waals surface area contributed by atoms with Gasteiger partial charge in [0.1, 0.15) is 23.9 Å². The zero-order valence-electron chi connectivity index (χ0n) is 16.2. The van der Waals surface area contributed by atoms with Crippen LogP contribution in [0.1, 0.15) is 44.6 Å². The van der Waals surface area contributed by atoms with E-state index >= 15 is 0 Å². The molecule has 2 aliphatic rings. The Balaban J connectivity index is 1.85. The van der Waals surface area contributed by atoms with Crippen molar-refractivity contribution in [2.24, 2.45) is 5.92 Å². The summed E-state index contributed by atoms with van der Waals surface area (Å²) >= 11 is 0. The third kappa shape index (κ3) is 2.75.